The van der Waals surface area contributed by atoms with E-state index in [9.17, 15) is 13.6 Å². The van der Waals surface area contributed by atoms with Gasteiger partial charge in [0.25, 0.3) is 0 Å². The van der Waals surface area contributed by atoms with Crippen molar-refractivity contribution in [2.24, 2.45) is 5.92 Å². The van der Waals surface area contributed by atoms with Gasteiger partial charge in [0, 0.05) is 23.9 Å². The number of hydrogen-bond donors (Lipinski definition) is 1. The maximum atomic E-state index is 13.9. The zero-order chi connectivity index (χ0) is 12.6. The van der Waals surface area contributed by atoms with Crippen molar-refractivity contribution in [3.63, 3.8) is 0 Å². The van der Waals surface area contributed by atoms with Gasteiger partial charge in [0.2, 0.25) is 5.91 Å². The zero-order valence-corrected chi connectivity index (χ0v) is 9.89. The molecule has 2 nitrogen and oxygen atoms in total. The first-order chi connectivity index (χ1) is 8.04. The molecular weight excluding hydrogens is 224 g/mol. The van der Waals surface area contributed by atoms with Crippen LogP contribution in [0.2, 0.25) is 0 Å². The quantitative estimate of drug-likeness (QED) is 0.843. The summed E-state index contributed by atoms with van der Waals surface area (Å²) in [6, 6.07) is 2.71. The highest BCUT2D eigenvalue weighted by molar-refractivity contribution is 5.82. The molecule has 1 amide bonds. The highest BCUT2D eigenvalue weighted by atomic mass is 19.1. The molecule has 1 heterocycles. The predicted octanol–water partition coefficient (Wildman–Crippen LogP) is 2.38. The Morgan fingerprint density at radius 2 is 1.94 bits per heavy atom. The minimum atomic E-state index is -0.546. The Balaban J connectivity index is 2.42. The molecule has 1 aromatic rings. The summed E-state index contributed by atoms with van der Waals surface area (Å²) in [5.74, 6) is -2.03. The van der Waals surface area contributed by atoms with E-state index in [2.05, 4.69) is 5.32 Å². The molecule has 0 aliphatic carbocycles. The number of carbonyl (C=O) groups excluding carboxylic acids is 1. The number of hydrogen-bond acceptors (Lipinski definition) is 1. The Morgan fingerprint density at radius 1 is 1.35 bits per heavy atom. The third-order valence-corrected chi connectivity index (χ3v) is 3.43. The number of nitrogens with one attached hydrogen (secondary N) is 1. The zero-order valence-electron chi connectivity index (χ0n) is 9.89. The second-order valence-corrected chi connectivity index (χ2v) is 4.47. The van der Waals surface area contributed by atoms with Crippen molar-refractivity contribution in [1.29, 1.82) is 0 Å². The molecule has 0 saturated carbocycles. The van der Waals surface area contributed by atoms with Crippen molar-refractivity contribution in [2.45, 2.75) is 26.2 Å². The van der Waals surface area contributed by atoms with Gasteiger partial charge in [-0.15, -0.1) is 0 Å². The standard InChI is InChI=1S/C13H15F2NO/c1-3-8-4-10(14)12(11(15)5-8)9-6-16-13(17)7(9)2/h4-5,7,9H,3,6H2,1-2H3,(H,16,17)/t7-,9+/m0/s1. The molecule has 0 spiro atoms. The summed E-state index contributed by atoms with van der Waals surface area (Å²) in [7, 11) is 0. The van der Waals surface area contributed by atoms with Gasteiger partial charge in [-0.2, -0.15) is 0 Å². The van der Waals surface area contributed by atoms with Gasteiger partial charge in [-0.3, -0.25) is 4.79 Å². The number of benzene rings is 1. The predicted molar refractivity (Wildman–Crippen MR) is 60.7 cm³/mol. The number of rotatable bonds is 2. The first kappa shape index (κ1) is 12.0. The van der Waals surface area contributed by atoms with Gasteiger partial charge < -0.3 is 5.32 Å². The molecule has 92 valence electrons. The molecule has 1 saturated heterocycles. The molecule has 17 heavy (non-hydrogen) atoms. The molecule has 0 bridgehead atoms. The molecule has 0 radical (unpaired) electrons. The van der Waals surface area contributed by atoms with E-state index >= 15 is 0 Å². The van der Waals surface area contributed by atoms with Gasteiger partial charge in [0.15, 0.2) is 0 Å². The smallest absolute Gasteiger partial charge is 0.223 e. The normalized spacial score (nSPS) is 23.9. The first-order valence-electron chi connectivity index (χ1n) is 5.80. The Bertz CT molecular complexity index is 436. The largest absolute Gasteiger partial charge is 0.355 e. The maximum Gasteiger partial charge on any atom is 0.223 e. The van der Waals surface area contributed by atoms with E-state index in [-0.39, 0.29) is 17.4 Å². The SMILES string of the molecule is CCc1cc(F)c([C@@H]2CNC(=O)[C@H]2C)c(F)c1. The van der Waals surface area contributed by atoms with Crippen LogP contribution < -0.4 is 5.32 Å². The second kappa shape index (κ2) is 4.43. The van der Waals surface area contributed by atoms with Crippen LogP contribution in [0, 0.1) is 17.6 Å². The van der Waals surface area contributed by atoms with E-state index in [0.29, 0.717) is 18.5 Å². The van der Waals surface area contributed by atoms with Gasteiger partial charge in [0.1, 0.15) is 11.6 Å². The molecule has 1 aliphatic rings. The highest BCUT2D eigenvalue weighted by Gasteiger charge is 2.35. The molecule has 1 aliphatic heterocycles. The summed E-state index contributed by atoms with van der Waals surface area (Å²) in [6.45, 7) is 3.84. The van der Waals surface area contributed by atoms with Crippen LogP contribution in [0.4, 0.5) is 8.78 Å². The van der Waals surface area contributed by atoms with E-state index in [1.54, 1.807) is 6.92 Å². The summed E-state index contributed by atoms with van der Waals surface area (Å²) >= 11 is 0. The lowest BCUT2D eigenvalue weighted by molar-refractivity contribution is -0.122. The summed E-state index contributed by atoms with van der Waals surface area (Å²) < 4.78 is 27.7. The van der Waals surface area contributed by atoms with E-state index in [0.717, 1.165) is 0 Å². The minimum absolute atomic E-state index is 0.0352. The Morgan fingerprint density at radius 3 is 2.35 bits per heavy atom. The van der Waals surface area contributed by atoms with Gasteiger partial charge >= 0.3 is 0 Å². The number of aryl methyl sites for hydroxylation is 1. The Hall–Kier alpha value is -1.45. The minimum Gasteiger partial charge on any atom is -0.355 e. The average Bonchev–Trinajstić information content (AvgIpc) is 2.60. The van der Waals surface area contributed by atoms with Crippen molar-refractivity contribution in [3.8, 4) is 0 Å². The lowest BCUT2D eigenvalue weighted by Gasteiger charge is -2.15. The van der Waals surface area contributed by atoms with Crippen LogP contribution >= 0.6 is 0 Å². The van der Waals surface area contributed by atoms with E-state index in [4.69, 9.17) is 0 Å². The Kier molecular flexibility index (Phi) is 3.13. The van der Waals surface area contributed by atoms with Crippen molar-refractivity contribution >= 4 is 5.91 Å². The van der Waals surface area contributed by atoms with Crippen LogP contribution in [0.3, 0.4) is 0 Å². The van der Waals surface area contributed by atoms with Crippen LogP contribution in [0.1, 0.15) is 30.9 Å². The summed E-state index contributed by atoms with van der Waals surface area (Å²) in [4.78, 5) is 11.3. The molecule has 2 rings (SSSR count). The lowest BCUT2D eigenvalue weighted by Crippen LogP contribution is -2.17. The molecule has 1 fully saturated rings. The molecule has 2 atom stereocenters. The van der Waals surface area contributed by atoms with Gasteiger partial charge in [-0.05, 0) is 24.1 Å². The molecule has 0 unspecified atom stereocenters. The fraction of sp³-hybridized carbons (Fsp3) is 0.462. The van der Waals surface area contributed by atoms with Crippen LogP contribution in [-0.2, 0) is 11.2 Å². The summed E-state index contributed by atoms with van der Waals surface area (Å²) in [5.41, 5.74) is 0.668. The third kappa shape index (κ3) is 2.04. The number of amides is 1. The maximum absolute atomic E-state index is 13.9. The fourth-order valence-electron chi connectivity index (χ4n) is 2.28. The summed E-state index contributed by atoms with van der Waals surface area (Å²) in [5, 5.41) is 2.63. The lowest BCUT2D eigenvalue weighted by atomic mass is 9.88. The Labute approximate surface area is 99.0 Å². The topological polar surface area (TPSA) is 29.1 Å². The van der Waals surface area contributed by atoms with Crippen LogP contribution in [-0.4, -0.2) is 12.5 Å². The van der Waals surface area contributed by atoms with Crippen LogP contribution in [0.15, 0.2) is 12.1 Å². The van der Waals surface area contributed by atoms with Gasteiger partial charge in [0.05, 0.1) is 0 Å². The van der Waals surface area contributed by atoms with Crippen LogP contribution in [0.5, 0.6) is 0 Å². The van der Waals surface area contributed by atoms with E-state index < -0.39 is 17.6 Å². The van der Waals surface area contributed by atoms with E-state index in [1.165, 1.54) is 12.1 Å². The van der Waals surface area contributed by atoms with Crippen molar-refractivity contribution in [2.75, 3.05) is 6.54 Å². The monoisotopic (exact) mass is 239 g/mol. The van der Waals surface area contributed by atoms with Gasteiger partial charge in [-0.1, -0.05) is 13.8 Å². The number of halogens is 2. The second-order valence-electron chi connectivity index (χ2n) is 4.47. The fourth-order valence-corrected chi connectivity index (χ4v) is 2.28. The highest BCUT2D eigenvalue weighted by Crippen LogP contribution is 2.32. The van der Waals surface area contributed by atoms with E-state index in [1.807, 2.05) is 6.92 Å². The summed E-state index contributed by atoms with van der Waals surface area (Å²) in [6.07, 6.45) is 0.589. The van der Waals surface area contributed by atoms with Crippen molar-refractivity contribution in [3.05, 3.63) is 34.9 Å². The molecular formula is C13H15F2NO. The third-order valence-electron chi connectivity index (χ3n) is 3.43. The molecule has 1 aromatic carbocycles. The van der Waals surface area contributed by atoms with Crippen LogP contribution in [0.25, 0.3) is 0 Å². The molecule has 1 N–H and O–H groups in total. The van der Waals surface area contributed by atoms with Crippen molar-refractivity contribution < 1.29 is 13.6 Å². The number of carbonyl (C=O) groups is 1. The first-order valence-corrected chi connectivity index (χ1v) is 5.80. The van der Waals surface area contributed by atoms with Crippen molar-refractivity contribution in [1.82, 2.24) is 5.32 Å². The van der Waals surface area contributed by atoms with Gasteiger partial charge in [-0.25, -0.2) is 8.78 Å². The molecule has 0 aromatic heterocycles. The average molecular weight is 239 g/mol. The molecule has 4 heteroatoms.